The Morgan fingerprint density at radius 3 is 2.25 bits per heavy atom. The Bertz CT molecular complexity index is 499. The van der Waals surface area contributed by atoms with E-state index in [0.717, 1.165) is 44.9 Å². The largest absolute Gasteiger partial charge is 0.466 e. The number of rotatable bonds is 11. The predicted molar refractivity (Wildman–Crippen MR) is 95.9 cm³/mol. The molecule has 132 valence electrons. The van der Waals surface area contributed by atoms with Crippen molar-refractivity contribution in [3.63, 3.8) is 0 Å². The van der Waals surface area contributed by atoms with Crippen molar-refractivity contribution in [2.24, 2.45) is 0 Å². The number of aliphatic hydroxyl groups excluding tert-OH is 2. The molecule has 0 rings (SSSR count). The molecule has 0 aliphatic carbocycles. The number of carbonyl (C=O) groups is 1. The average Bonchev–Trinajstić information content (AvgIpc) is 2.56. The highest BCUT2D eigenvalue weighted by molar-refractivity contribution is 5.65. The average molecular weight is 332 g/mol. The van der Waals surface area contributed by atoms with E-state index < -0.39 is 12.2 Å². The molecule has 0 radical (unpaired) electrons. The van der Waals surface area contributed by atoms with Gasteiger partial charge in [-0.3, -0.25) is 4.79 Å². The molecule has 0 aromatic heterocycles. The smallest absolute Gasteiger partial charge is 0.302 e. The topological polar surface area (TPSA) is 66.8 Å². The number of hydrogen-bond donors (Lipinski definition) is 2. The van der Waals surface area contributed by atoms with Gasteiger partial charge in [0.25, 0.3) is 0 Å². The van der Waals surface area contributed by atoms with E-state index in [1.54, 1.807) is 6.08 Å². The summed E-state index contributed by atoms with van der Waals surface area (Å²) >= 11 is 0. The second kappa shape index (κ2) is 15.9. The van der Waals surface area contributed by atoms with Crippen LogP contribution in [0.15, 0.2) is 24.8 Å². The first-order chi connectivity index (χ1) is 11.6. The van der Waals surface area contributed by atoms with Gasteiger partial charge in [0.2, 0.25) is 0 Å². The van der Waals surface area contributed by atoms with Crippen LogP contribution in [0.25, 0.3) is 0 Å². The Labute approximate surface area is 145 Å². The van der Waals surface area contributed by atoms with Gasteiger partial charge in [0.1, 0.15) is 12.2 Å². The summed E-state index contributed by atoms with van der Waals surface area (Å²) in [7, 11) is 0. The molecule has 4 heteroatoms. The molecule has 0 spiro atoms. The van der Waals surface area contributed by atoms with Crippen LogP contribution < -0.4 is 0 Å². The summed E-state index contributed by atoms with van der Waals surface area (Å²) in [6.45, 7) is 5.34. The summed E-state index contributed by atoms with van der Waals surface area (Å²) in [6.07, 6.45) is 10.6. The lowest BCUT2D eigenvalue weighted by Crippen LogP contribution is -2.00. The fraction of sp³-hybridized carbons (Fsp3) is 0.550. The van der Waals surface area contributed by atoms with Crippen LogP contribution in [0.3, 0.4) is 0 Å². The summed E-state index contributed by atoms with van der Waals surface area (Å²) in [6, 6.07) is 0. The van der Waals surface area contributed by atoms with Gasteiger partial charge < -0.3 is 14.9 Å². The fourth-order valence-corrected chi connectivity index (χ4v) is 1.84. The van der Waals surface area contributed by atoms with E-state index in [9.17, 15) is 9.90 Å². The number of ether oxygens (including phenoxy) is 1. The van der Waals surface area contributed by atoms with E-state index >= 15 is 0 Å². The quantitative estimate of drug-likeness (QED) is 0.264. The zero-order valence-corrected chi connectivity index (χ0v) is 14.5. The highest BCUT2D eigenvalue weighted by atomic mass is 16.5. The molecule has 0 bridgehead atoms. The number of allylic oxidation sites excluding steroid dienone is 1. The van der Waals surface area contributed by atoms with Gasteiger partial charge in [0.15, 0.2) is 0 Å². The van der Waals surface area contributed by atoms with Crippen molar-refractivity contribution in [2.45, 2.75) is 64.1 Å². The highest BCUT2D eigenvalue weighted by Gasteiger charge is 1.94. The molecule has 4 nitrogen and oxygen atoms in total. The minimum atomic E-state index is -0.881. The van der Waals surface area contributed by atoms with Crippen molar-refractivity contribution in [3.05, 3.63) is 24.8 Å². The van der Waals surface area contributed by atoms with Gasteiger partial charge in [-0.2, -0.15) is 0 Å². The van der Waals surface area contributed by atoms with Crippen molar-refractivity contribution in [2.75, 3.05) is 6.61 Å². The van der Waals surface area contributed by atoms with Crippen molar-refractivity contribution >= 4 is 5.97 Å². The Kier molecular flexibility index (Phi) is 14.5. The zero-order valence-electron chi connectivity index (χ0n) is 14.5. The first-order valence-corrected chi connectivity index (χ1v) is 8.36. The van der Waals surface area contributed by atoms with Crippen molar-refractivity contribution < 1.29 is 19.7 Å². The molecule has 0 aliphatic heterocycles. The van der Waals surface area contributed by atoms with Gasteiger partial charge in [-0.15, -0.1) is 0 Å². The third kappa shape index (κ3) is 16.4. The summed E-state index contributed by atoms with van der Waals surface area (Å²) < 4.78 is 4.87. The van der Waals surface area contributed by atoms with Crippen LogP contribution in [0.1, 0.15) is 51.9 Å². The first kappa shape index (κ1) is 22.0. The van der Waals surface area contributed by atoms with Crippen molar-refractivity contribution in [3.8, 4) is 23.7 Å². The lowest BCUT2D eigenvalue weighted by molar-refractivity contribution is -0.141. The van der Waals surface area contributed by atoms with Gasteiger partial charge in [0, 0.05) is 6.92 Å². The molecule has 0 heterocycles. The van der Waals surface area contributed by atoms with E-state index in [-0.39, 0.29) is 5.97 Å². The second-order valence-electron chi connectivity index (χ2n) is 5.34. The van der Waals surface area contributed by atoms with Crippen LogP contribution in [0.5, 0.6) is 0 Å². The maximum Gasteiger partial charge on any atom is 0.302 e. The van der Waals surface area contributed by atoms with Crippen molar-refractivity contribution in [1.29, 1.82) is 0 Å². The molecule has 0 saturated heterocycles. The molecule has 0 fully saturated rings. The molecular weight excluding hydrogens is 304 g/mol. The summed E-state index contributed by atoms with van der Waals surface area (Å²) in [5, 5.41) is 18.7. The third-order valence-corrected chi connectivity index (χ3v) is 3.11. The minimum Gasteiger partial charge on any atom is -0.466 e. The number of hydrogen-bond acceptors (Lipinski definition) is 4. The van der Waals surface area contributed by atoms with Crippen LogP contribution in [0.4, 0.5) is 0 Å². The van der Waals surface area contributed by atoms with Crippen LogP contribution in [-0.4, -0.2) is 35.0 Å². The molecule has 0 saturated carbocycles. The number of aliphatic hydroxyl groups is 2. The molecule has 0 unspecified atom stereocenters. The van der Waals surface area contributed by atoms with Crippen molar-refractivity contribution in [1.82, 2.24) is 0 Å². The second-order valence-corrected chi connectivity index (χ2v) is 5.34. The fourth-order valence-electron chi connectivity index (χ4n) is 1.84. The van der Waals surface area contributed by atoms with E-state index in [4.69, 9.17) is 9.84 Å². The van der Waals surface area contributed by atoms with Gasteiger partial charge in [-0.05, 0) is 37.2 Å². The molecule has 2 atom stereocenters. The highest BCUT2D eigenvalue weighted by Crippen LogP contribution is 2.08. The molecule has 0 aromatic carbocycles. The van der Waals surface area contributed by atoms with Gasteiger partial charge in [-0.1, -0.05) is 56.3 Å². The molecular formula is C20H28O4. The van der Waals surface area contributed by atoms with Crippen LogP contribution in [-0.2, 0) is 9.53 Å². The molecule has 0 amide bonds. The standard InChI is InChI=1S/C20H28O4/c1-3-19(22)14-11-12-16-20(23)15-10-8-6-4-5-7-9-13-17-24-18(2)21/h3,10,15,19-20,22-23H,1,4-9,13,17H2,2H3/b15-10+/t19-,20+/m1/s1. The Morgan fingerprint density at radius 1 is 1.04 bits per heavy atom. The normalized spacial score (nSPS) is 12.5. The number of carbonyl (C=O) groups excluding carboxylic acids is 1. The molecule has 0 aliphatic rings. The molecule has 0 aromatic rings. The Balaban J connectivity index is 3.57. The lowest BCUT2D eigenvalue weighted by atomic mass is 10.1. The predicted octanol–water partition coefficient (Wildman–Crippen LogP) is 2.75. The van der Waals surface area contributed by atoms with E-state index in [1.165, 1.54) is 13.0 Å². The Hall–Kier alpha value is -2.01. The van der Waals surface area contributed by atoms with E-state index in [1.807, 2.05) is 6.08 Å². The monoisotopic (exact) mass is 332 g/mol. The van der Waals surface area contributed by atoms with Gasteiger partial charge in [-0.25, -0.2) is 0 Å². The number of unbranched alkanes of at least 4 members (excludes halogenated alkanes) is 6. The Morgan fingerprint density at radius 2 is 1.62 bits per heavy atom. The number of esters is 1. The summed E-state index contributed by atoms with van der Waals surface area (Å²) in [4.78, 5) is 10.6. The third-order valence-electron chi connectivity index (χ3n) is 3.11. The lowest BCUT2D eigenvalue weighted by Gasteiger charge is -2.02. The van der Waals surface area contributed by atoms with Gasteiger partial charge >= 0.3 is 5.97 Å². The zero-order chi connectivity index (χ0) is 18.0. The van der Waals surface area contributed by atoms with E-state index in [0.29, 0.717) is 6.61 Å². The SMILES string of the molecule is C=C[C@@H](O)C#CC#C[C@@H](O)/C=C/CCCCCCCCOC(C)=O. The first-order valence-electron chi connectivity index (χ1n) is 8.36. The summed E-state index contributed by atoms with van der Waals surface area (Å²) in [5.74, 6) is 9.76. The maximum absolute atomic E-state index is 10.6. The maximum atomic E-state index is 10.6. The molecule has 2 N–H and O–H groups in total. The van der Waals surface area contributed by atoms with Gasteiger partial charge in [0.05, 0.1) is 6.61 Å². The summed E-state index contributed by atoms with van der Waals surface area (Å²) in [5.41, 5.74) is 0. The van der Waals surface area contributed by atoms with Crippen LogP contribution >= 0.6 is 0 Å². The van der Waals surface area contributed by atoms with E-state index in [2.05, 4.69) is 30.3 Å². The van der Waals surface area contributed by atoms with Crippen LogP contribution in [0.2, 0.25) is 0 Å². The molecule has 24 heavy (non-hydrogen) atoms. The minimum absolute atomic E-state index is 0.213. The van der Waals surface area contributed by atoms with Crippen LogP contribution in [0, 0.1) is 23.7 Å².